The fourth-order valence-electron chi connectivity index (χ4n) is 6.48. The van der Waals surface area contributed by atoms with E-state index in [0.29, 0.717) is 31.5 Å². The zero-order valence-corrected chi connectivity index (χ0v) is 16.8. The van der Waals surface area contributed by atoms with Crippen LogP contribution in [0.4, 0.5) is 8.78 Å². The van der Waals surface area contributed by atoms with Crippen LogP contribution in [-0.4, -0.2) is 83.7 Å². The first kappa shape index (κ1) is 20.5. The van der Waals surface area contributed by atoms with E-state index in [1.165, 1.54) is 0 Å². The second kappa shape index (κ2) is 7.62. The second-order valence-electron chi connectivity index (χ2n) is 9.57. The van der Waals surface area contributed by atoms with E-state index >= 15 is 0 Å². The molecule has 29 heavy (non-hydrogen) atoms. The van der Waals surface area contributed by atoms with Crippen molar-refractivity contribution in [3.63, 3.8) is 0 Å². The number of alkyl halides is 2. The molecule has 4 heterocycles. The van der Waals surface area contributed by atoms with E-state index in [0.717, 1.165) is 25.8 Å². The molecule has 0 aromatic heterocycles. The lowest BCUT2D eigenvalue weighted by Crippen LogP contribution is -2.61. The molecule has 0 aromatic carbocycles. The quantitative estimate of drug-likeness (QED) is 0.519. The van der Waals surface area contributed by atoms with Gasteiger partial charge in [0.05, 0.1) is 12.3 Å². The van der Waals surface area contributed by atoms with Crippen LogP contribution in [-0.2, 0) is 9.47 Å². The van der Waals surface area contributed by atoms with E-state index in [1.807, 2.05) is 0 Å². The maximum absolute atomic E-state index is 14.4. The van der Waals surface area contributed by atoms with Crippen molar-refractivity contribution < 1.29 is 28.5 Å². The van der Waals surface area contributed by atoms with Gasteiger partial charge >= 0.3 is 0 Å². The largest absolute Gasteiger partial charge is 0.387 e. The summed E-state index contributed by atoms with van der Waals surface area (Å²) in [6.45, 7) is 2.96. The number of fused-ring (bicyclic) bond motifs is 2. The summed E-state index contributed by atoms with van der Waals surface area (Å²) < 4.78 is 40.7. The average Bonchev–Trinajstić information content (AvgIpc) is 3.25. The number of halogens is 2. The third kappa shape index (κ3) is 3.33. The number of nitrogens with zero attached hydrogens (tertiary/aromatic N) is 1. The molecule has 0 spiro atoms. The maximum Gasteiger partial charge on any atom is 0.274 e. The van der Waals surface area contributed by atoms with Crippen LogP contribution < -0.4 is 10.6 Å². The number of likely N-dealkylation sites (tertiary alicyclic amines) is 1. The van der Waals surface area contributed by atoms with Gasteiger partial charge in [0.25, 0.3) is 5.92 Å². The van der Waals surface area contributed by atoms with Crippen molar-refractivity contribution in [2.45, 2.75) is 87.8 Å². The van der Waals surface area contributed by atoms with Crippen LogP contribution in [0.2, 0.25) is 0 Å². The van der Waals surface area contributed by atoms with Gasteiger partial charge in [0.15, 0.2) is 0 Å². The van der Waals surface area contributed by atoms with Crippen LogP contribution in [0, 0.1) is 17.8 Å². The summed E-state index contributed by atoms with van der Waals surface area (Å²) in [4.78, 5) is 2.09. The third-order valence-corrected chi connectivity index (χ3v) is 8.04. The predicted octanol–water partition coefficient (Wildman–Crippen LogP) is 0.460. The van der Waals surface area contributed by atoms with Gasteiger partial charge in [-0.15, -0.1) is 0 Å². The van der Waals surface area contributed by atoms with Gasteiger partial charge < -0.3 is 25.0 Å². The third-order valence-electron chi connectivity index (χ3n) is 8.04. The van der Waals surface area contributed by atoms with Gasteiger partial charge in [-0.1, -0.05) is 12.8 Å². The van der Waals surface area contributed by atoms with Gasteiger partial charge in [0.1, 0.15) is 31.1 Å². The molecule has 5 fully saturated rings. The van der Waals surface area contributed by atoms with E-state index in [1.54, 1.807) is 0 Å². The predicted molar refractivity (Wildman–Crippen MR) is 100 cm³/mol. The van der Waals surface area contributed by atoms with E-state index < -0.39 is 49.1 Å². The number of hydrogen-bond donors (Lipinski definition) is 4. The summed E-state index contributed by atoms with van der Waals surface area (Å²) in [5, 5.41) is 28.5. The van der Waals surface area contributed by atoms with Crippen LogP contribution in [0.15, 0.2) is 0 Å². The van der Waals surface area contributed by atoms with E-state index in [9.17, 15) is 19.0 Å². The maximum atomic E-state index is 14.4. The van der Waals surface area contributed by atoms with Crippen molar-refractivity contribution in [3.8, 4) is 0 Å². The van der Waals surface area contributed by atoms with Crippen LogP contribution in [0.1, 0.15) is 39.0 Å². The molecule has 9 heteroatoms. The average molecular weight is 417 g/mol. The highest BCUT2D eigenvalue weighted by Crippen LogP contribution is 2.49. The zero-order chi connectivity index (χ0) is 20.3. The van der Waals surface area contributed by atoms with E-state index in [4.69, 9.17) is 9.47 Å². The molecule has 10 atom stereocenters. The summed E-state index contributed by atoms with van der Waals surface area (Å²) in [5.41, 5.74) is 0. The summed E-state index contributed by atoms with van der Waals surface area (Å²) in [5.74, 6) is -3.52. The lowest BCUT2D eigenvalue weighted by molar-refractivity contribution is -0.249. The minimum Gasteiger partial charge on any atom is -0.387 e. The summed E-state index contributed by atoms with van der Waals surface area (Å²) in [6, 6.07) is 0.359. The first-order valence-corrected chi connectivity index (χ1v) is 11.1. The molecule has 1 aliphatic carbocycles. The van der Waals surface area contributed by atoms with Gasteiger partial charge in [-0.3, -0.25) is 10.2 Å². The Hall–Kier alpha value is -0.420. The fourth-order valence-corrected chi connectivity index (χ4v) is 6.48. The normalized spacial score (nSPS) is 52.9. The molecule has 7 nitrogen and oxygen atoms in total. The number of nitrogens with one attached hydrogen (secondary N) is 2. The molecule has 1 saturated carbocycles. The summed E-state index contributed by atoms with van der Waals surface area (Å²) in [6.07, 6.45) is -0.413. The molecule has 0 bridgehead atoms. The first-order valence-electron chi connectivity index (χ1n) is 11.1. The highest BCUT2D eigenvalue weighted by Gasteiger charge is 2.59. The van der Waals surface area contributed by atoms with Gasteiger partial charge in [-0.05, 0) is 32.1 Å². The molecule has 4 aliphatic heterocycles. The van der Waals surface area contributed by atoms with Gasteiger partial charge in [0.2, 0.25) is 0 Å². The van der Waals surface area contributed by atoms with Crippen LogP contribution >= 0.6 is 0 Å². The molecular weight excluding hydrogens is 384 g/mol. The van der Waals surface area contributed by atoms with Crippen molar-refractivity contribution >= 4 is 0 Å². The van der Waals surface area contributed by atoms with Gasteiger partial charge in [-0.25, -0.2) is 8.78 Å². The Morgan fingerprint density at radius 1 is 1.00 bits per heavy atom. The molecule has 4 N–H and O–H groups in total. The Balaban J connectivity index is 1.33. The lowest BCUT2D eigenvalue weighted by Gasteiger charge is -2.47. The highest BCUT2D eigenvalue weighted by atomic mass is 19.3. The second-order valence-corrected chi connectivity index (χ2v) is 9.57. The van der Waals surface area contributed by atoms with Crippen molar-refractivity contribution in [1.82, 2.24) is 15.5 Å². The van der Waals surface area contributed by atoms with Crippen molar-refractivity contribution in [3.05, 3.63) is 0 Å². The minimum atomic E-state index is -2.83. The Bertz CT molecular complexity index is 614. The van der Waals surface area contributed by atoms with E-state index in [2.05, 4.69) is 22.5 Å². The molecule has 0 radical (unpaired) electrons. The van der Waals surface area contributed by atoms with E-state index in [-0.39, 0.29) is 12.1 Å². The van der Waals surface area contributed by atoms with Crippen molar-refractivity contribution in [2.75, 3.05) is 19.8 Å². The van der Waals surface area contributed by atoms with Crippen LogP contribution in [0.3, 0.4) is 0 Å². The molecule has 4 saturated heterocycles. The number of hydrogen-bond acceptors (Lipinski definition) is 7. The molecule has 0 aromatic rings. The first-order chi connectivity index (χ1) is 13.9. The number of aliphatic hydroxyl groups is 2. The summed E-state index contributed by atoms with van der Waals surface area (Å²) in [7, 11) is 0. The standard InChI is InChI=1S/C20H33F2N3O4/c1-10-11-6-7-25(18(11)24-9-23-10)19-15(27)14(26)17(29-19)16-12-4-2-3-5-13(12)20(21,22)8-28-16/h10-19,23-24,26-27H,2-9H2,1H3/t10?,11?,12?,13?,14-,15+,16+,17-,18?,19+/m0/s1. The summed E-state index contributed by atoms with van der Waals surface area (Å²) >= 11 is 0. The molecule has 5 unspecified atom stereocenters. The van der Waals surface area contributed by atoms with Gasteiger partial charge in [0, 0.05) is 31.1 Å². The smallest absolute Gasteiger partial charge is 0.274 e. The van der Waals surface area contributed by atoms with Crippen LogP contribution in [0.25, 0.3) is 0 Å². The molecule has 0 amide bonds. The van der Waals surface area contributed by atoms with Crippen LogP contribution in [0.5, 0.6) is 0 Å². The SMILES string of the molecule is CC1NCNC2C1CCN2[C@@H]1O[C@H]([C@@H]2OCC(F)(F)C3CCCCC32)[C@@H](O)[C@H]1O. The number of rotatable bonds is 2. The Kier molecular flexibility index (Phi) is 5.38. The Labute approximate surface area is 170 Å². The molecular formula is C20H33F2N3O4. The molecule has 5 rings (SSSR count). The molecule has 5 aliphatic rings. The zero-order valence-electron chi connectivity index (χ0n) is 16.8. The highest BCUT2D eigenvalue weighted by molar-refractivity contribution is 5.04. The monoisotopic (exact) mass is 417 g/mol. The fraction of sp³-hybridized carbons (Fsp3) is 1.00. The Morgan fingerprint density at radius 2 is 1.79 bits per heavy atom. The Morgan fingerprint density at radius 3 is 2.62 bits per heavy atom. The number of ether oxygens (including phenoxy) is 2. The molecule has 166 valence electrons. The minimum absolute atomic E-state index is 0.0656. The topological polar surface area (TPSA) is 86.2 Å². The lowest BCUT2D eigenvalue weighted by atomic mass is 9.70. The van der Waals surface area contributed by atoms with Crippen molar-refractivity contribution in [2.24, 2.45) is 17.8 Å². The van der Waals surface area contributed by atoms with Gasteiger partial charge in [-0.2, -0.15) is 0 Å². The van der Waals surface area contributed by atoms with Crippen molar-refractivity contribution in [1.29, 1.82) is 0 Å². The number of aliphatic hydroxyl groups excluding tert-OH is 2.